The first-order valence-corrected chi connectivity index (χ1v) is 8.07. The zero-order valence-corrected chi connectivity index (χ0v) is 12.6. The second-order valence-corrected chi connectivity index (χ2v) is 6.16. The Labute approximate surface area is 127 Å². The van der Waals surface area contributed by atoms with Crippen LogP contribution in [0, 0.1) is 29.0 Å². The van der Waals surface area contributed by atoms with Gasteiger partial charge in [-0.25, -0.2) is 4.39 Å². The summed E-state index contributed by atoms with van der Waals surface area (Å²) < 4.78 is 12.9. The SMILES string of the molecule is N#C/C=C/CCC1CCC(CCc2ccc(F)cc2)CC1. The molecule has 0 saturated heterocycles. The lowest BCUT2D eigenvalue weighted by molar-refractivity contribution is 0.254. The van der Waals surface area contributed by atoms with E-state index >= 15 is 0 Å². The van der Waals surface area contributed by atoms with Gasteiger partial charge in [0.1, 0.15) is 5.82 Å². The van der Waals surface area contributed by atoms with Crippen molar-refractivity contribution in [2.24, 2.45) is 11.8 Å². The average Bonchev–Trinajstić information content (AvgIpc) is 2.52. The van der Waals surface area contributed by atoms with Crippen LogP contribution in [0.3, 0.4) is 0 Å². The van der Waals surface area contributed by atoms with Gasteiger partial charge in [-0.15, -0.1) is 0 Å². The number of nitrogens with zero attached hydrogens (tertiary/aromatic N) is 1. The van der Waals surface area contributed by atoms with Gasteiger partial charge in [0.25, 0.3) is 0 Å². The first kappa shape index (κ1) is 15.8. The van der Waals surface area contributed by atoms with Gasteiger partial charge in [0.15, 0.2) is 0 Å². The van der Waals surface area contributed by atoms with Gasteiger partial charge >= 0.3 is 0 Å². The van der Waals surface area contributed by atoms with E-state index in [1.807, 2.05) is 24.3 Å². The molecule has 0 aromatic heterocycles. The van der Waals surface area contributed by atoms with Gasteiger partial charge in [-0.3, -0.25) is 0 Å². The molecular formula is C19H24FN. The fraction of sp³-hybridized carbons (Fsp3) is 0.526. The molecule has 0 radical (unpaired) electrons. The highest BCUT2D eigenvalue weighted by Crippen LogP contribution is 2.33. The normalized spacial score (nSPS) is 22.3. The Kier molecular flexibility index (Phi) is 6.47. The number of allylic oxidation sites excluding steroid dienone is 2. The van der Waals surface area contributed by atoms with Gasteiger partial charge in [0.05, 0.1) is 6.07 Å². The number of hydrogen-bond acceptors (Lipinski definition) is 1. The summed E-state index contributed by atoms with van der Waals surface area (Å²) in [5, 5.41) is 8.45. The van der Waals surface area contributed by atoms with Crippen LogP contribution in [-0.4, -0.2) is 0 Å². The van der Waals surface area contributed by atoms with E-state index in [0.717, 1.165) is 24.7 Å². The molecule has 0 bridgehead atoms. The monoisotopic (exact) mass is 285 g/mol. The first-order valence-electron chi connectivity index (χ1n) is 8.07. The smallest absolute Gasteiger partial charge is 0.123 e. The molecule has 21 heavy (non-hydrogen) atoms. The van der Waals surface area contributed by atoms with Crippen LogP contribution in [0.25, 0.3) is 0 Å². The van der Waals surface area contributed by atoms with E-state index in [2.05, 4.69) is 0 Å². The lowest BCUT2D eigenvalue weighted by atomic mass is 9.78. The van der Waals surface area contributed by atoms with Crippen molar-refractivity contribution in [3.63, 3.8) is 0 Å². The second-order valence-electron chi connectivity index (χ2n) is 6.16. The highest BCUT2D eigenvalue weighted by molar-refractivity contribution is 5.16. The third kappa shape index (κ3) is 5.71. The van der Waals surface area contributed by atoms with Crippen molar-refractivity contribution in [1.29, 1.82) is 5.26 Å². The molecule has 1 aliphatic carbocycles. The van der Waals surface area contributed by atoms with E-state index in [-0.39, 0.29) is 5.82 Å². The molecule has 2 heteroatoms. The van der Waals surface area contributed by atoms with E-state index < -0.39 is 0 Å². The Hall–Kier alpha value is -1.62. The van der Waals surface area contributed by atoms with Crippen LogP contribution >= 0.6 is 0 Å². The summed E-state index contributed by atoms with van der Waals surface area (Å²) in [5.41, 5.74) is 1.25. The predicted octanol–water partition coefficient (Wildman–Crippen LogP) is 5.42. The van der Waals surface area contributed by atoms with Crippen molar-refractivity contribution in [2.75, 3.05) is 0 Å². The molecule has 1 aromatic carbocycles. The molecule has 0 aliphatic heterocycles. The van der Waals surface area contributed by atoms with Gasteiger partial charge in [0, 0.05) is 6.08 Å². The van der Waals surface area contributed by atoms with Crippen molar-refractivity contribution < 1.29 is 4.39 Å². The number of benzene rings is 1. The van der Waals surface area contributed by atoms with Gasteiger partial charge in [-0.1, -0.05) is 43.9 Å². The zero-order chi connectivity index (χ0) is 14.9. The topological polar surface area (TPSA) is 23.8 Å². The summed E-state index contributed by atoms with van der Waals surface area (Å²) in [4.78, 5) is 0. The Morgan fingerprint density at radius 2 is 1.67 bits per heavy atom. The lowest BCUT2D eigenvalue weighted by Gasteiger charge is -2.28. The minimum Gasteiger partial charge on any atom is -0.207 e. The summed E-state index contributed by atoms with van der Waals surface area (Å²) >= 11 is 0. The molecule has 0 unspecified atom stereocenters. The summed E-state index contributed by atoms with van der Waals surface area (Å²) in [7, 11) is 0. The van der Waals surface area contributed by atoms with E-state index in [0.29, 0.717) is 0 Å². The standard InChI is InChI=1S/C19H24FN/c20-19-13-11-18(12-14-19)10-9-17-7-5-16(6-8-17)4-2-1-3-15-21/h1,3,11-14,16-17H,2,4-10H2/b3-1+. The molecule has 1 saturated carbocycles. The van der Waals surface area contributed by atoms with Crippen molar-refractivity contribution in [2.45, 2.75) is 51.4 Å². The molecule has 1 nitrogen and oxygen atoms in total. The average molecular weight is 285 g/mol. The maximum atomic E-state index is 12.9. The van der Waals surface area contributed by atoms with Crippen molar-refractivity contribution in [3.05, 3.63) is 47.8 Å². The molecule has 0 atom stereocenters. The summed E-state index contributed by atoms with van der Waals surface area (Å²) in [5.74, 6) is 1.53. The van der Waals surface area contributed by atoms with E-state index in [1.165, 1.54) is 44.1 Å². The highest BCUT2D eigenvalue weighted by atomic mass is 19.1. The number of nitriles is 1. The van der Waals surface area contributed by atoms with E-state index in [9.17, 15) is 4.39 Å². The molecule has 2 rings (SSSR count). The Morgan fingerprint density at radius 1 is 1.05 bits per heavy atom. The summed E-state index contributed by atoms with van der Waals surface area (Å²) in [6.07, 6.45) is 13.5. The summed E-state index contributed by atoms with van der Waals surface area (Å²) in [6, 6.07) is 8.97. The second kappa shape index (κ2) is 8.62. The van der Waals surface area contributed by atoms with Crippen molar-refractivity contribution >= 4 is 0 Å². The Morgan fingerprint density at radius 3 is 2.29 bits per heavy atom. The lowest BCUT2D eigenvalue weighted by Crippen LogP contribution is -2.15. The molecular weight excluding hydrogens is 261 g/mol. The minimum atomic E-state index is -0.148. The van der Waals surface area contributed by atoms with Crippen LogP contribution in [-0.2, 0) is 6.42 Å². The van der Waals surface area contributed by atoms with Crippen molar-refractivity contribution in [3.8, 4) is 6.07 Å². The maximum absolute atomic E-state index is 12.9. The molecule has 0 heterocycles. The van der Waals surface area contributed by atoms with Crippen LogP contribution in [0.4, 0.5) is 4.39 Å². The van der Waals surface area contributed by atoms with Crippen molar-refractivity contribution in [1.82, 2.24) is 0 Å². The Balaban J connectivity index is 1.64. The number of hydrogen-bond donors (Lipinski definition) is 0. The zero-order valence-electron chi connectivity index (χ0n) is 12.6. The largest absolute Gasteiger partial charge is 0.207 e. The molecule has 1 aromatic rings. The summed E-state index contributed by atoms with van der Waals surface area (Å²) in [6.45, 7) is 0. The predicted molar refractivity (Wildman–Crippen MR) is 84.2 cm³/mol. The third-order valence-corrected chi connectivity index (χ3v) is 4.65. The van der Waals surface area contributed by atoms with Crippen LogP contribution in [0.2, 0.25) is 0 Å². The van der Waals surface area contributed by atoms with Gasteiger partial charge in [0.2, 0.25) is 0 Å². The van der Waals surface area contributed by atoms with Crippen LogP contribution in [0.15, 0.2) is 36.4 Å². The number of rotatable bonds is 6. The molecule has 0 spiro atoms. The quantitative estimate of drug-likeness (QED) is 0.640. The molecule has 112 valence electrons. The van der Waals surface area contributed by atoms with E-state index in [4.69, 9.17) is 5.26 Å². The number of aryl methyl sites for hydroxylation is 1. The van der Waals surface area contributed by atoms with Crippen LogP contribution in [0.1, 0.15) is 50.5 Å². The van der Waals surface area contributed by atoms with Crippen LogP contribution in [0.5, 0.6) is 0 Å². The van der Waals surface area contributed by atoms with Crippen LogP contribution < -0.4 is 0 Å². The fourth-order valence-electron chi connectivity index (χ4n) is 3.30. The van der Waals surface area contributed by atoms with E-state index in [1.54, 1.807) is 18.2 Å². The minimum absolute atomic E-state index is 0.148. The Bertz CT molecular complexity index is 475. The van der Waals surface area contributed by atoms with Gasteiger partial charge in [-0.05, 0) is 55.2 Å². The fourth-order valence-corrected chi connectivity index (χ4v) is 3.30. The first-order chi connectivity index (χ1) is 10.3. The molecule has 1 aliphatic rings. The maximum Gasteiger partial charge on any atom is 0.123 e. The third-order valence-electron chi connectivity index (χ3n) is 4.65. The number of halogens is 1. The van der Waals surface area contributed by atoms with Gasteiger partial charge < -0.3 is 0 Å². The molecule has 1 fully saturated rings. The van der Waals surface area contributed by atoms with Gasteiger partial charge in [-0.2, -0.15) is 5.26 Å². The molecule has 0 N–H and O–H groups in total. The molecule has 0 amide bonds. The highest BCUT2D eigenvalue weighted by Gasteiger charge is 2.20.